The molecule has 0 aromatic heterocycles. The molecule has 2 aromatic carbocycles. The van der Waals surface area contributed by atoms with E-state index in [1.54, 1.807) is 22.3 Å². The van der Waals surface area contributed by atoms with Crippen LogP contribution in [0.4, 0.5) is 0 Å². The van der Waals surface area contributed by atoms with Crippen molar-refractivity contribution < 1.29 is 0 Å². The van der Waals surface area contributed by atoms with Crippen LogP contribution in [-0.4, -0.2) is 9.52 Å². The van der Waals surface area contributed by atoms with E-state index in [9.17, 15) is 0 Å². The molecule has 0 fully saturated rings. The van der Waals surface area contributed by atoms with E-state index < -0.39 is 0 Å². The van der Waals surface area contributed by atoms with E-state index in [2.05, 4.69) is 61.7 Å². The predicted octanol–water partition coefficient (Wildman–Crippen LogP) is 4.01. The first kappa shape index (κ1) is 15.5. The van der Waals surface area contributed by atoms with E-state index in [-0.39, 0.29) is 9.52 Å². The van der Waals surface area contributed by atoms with Crippen molar-refractivity contribution in [2.45, 2.75) is 25.7 Å². The number of fused-ring (bicyclic) bond motifs is 2. The van der Waals surface area contributed by atoms with Crippen LogP contribution in [0.25, 0.3) is 0 Å². The molecule has 0 saturated heterocycles. The average molecular weight is 292 g/mol. The summed E-state index contributed by atoms with van der Waals surface area (Å²) in [6.45, 7) is 7.08. The van der Waals surface area contributed by atoms with Crippen LogP contribution in [-0.2, 0) is 25.7 Å². The second-order valence-electron chi connectivity index (χ2n) is 5.35. The van der Waals surface area contributed by atoms with Gasteiger partial charge in [0.15, 0.2) is 0 Å². The monoisotopic (exact) mass is 292 g/mol. The van der Waals surface area contributed by atoms with E-state index in [4.69, 9.17) is 0 Å². The van der Waals surface area contributed by atoms with Gasteiger partial charge in [-0.2, -0.15) is 0 Å². The lowest BCUT2D eigenvalue weighted by atomic mass is 9.89. The zero-order valence-electron chi connectivity index (χ0n) is 12.7. The van der Waals surface area contributed by atoms with Crippen LogP contribution in [0.2, 0.25) is 0 Å². The predicted molar refractivity (Wildman–Crippen MR) is 96.6 cm³/mol. The minimum atomic E-state index is -0.0401. The van der Waals surface area contributed by atoms with Crippen molar-refractivity contribution in [1.82, 2.24) is 0 Å². The molecule has 0 nitrogen and oxygen atoms in total. The third-order valence-electron chi connectivity index (χ3n) is 3.90. The summed E-state index contributed by atoms with van der Waals surface area (Å²) in [6.07, 6.45) is 5.21. The van der Waals surface area contributed by atoms with Crippen molar-refractivity contribution in [3.05, 3.63) is 95.3 Å². The summed E-state index contributed by atoms with van der Waals surface area (Å²) < 4.78 is 0. The second-order valence-corrected chi connectivity index (χ2v) is 6.98. The Morgan fingerprint density at radius 3 is 1.00 bits per heavy atom. The van der Waals surface area contributed by atoms with Gasteiger partial charge in [-0.25, -0.2) is 0 Å². The van der Waals surface area contributed by atoms with Crippen LogP contribution in [0.15, 0.2) is 73.1 Å². The van der Waals surface area contributed by atoms with Crippen molar-refractivity contribution in [3.63, 3.8) is 0 Å². The molecule has 2 aromatic rings. The Morgan fingerprint density at radius 2 is 0.905 bits per heavy atom. The lowest BCUT2D eigenvalue weighted by Gasteiger charge is -2.16. The lowest BCUT2D eigenvalue weighted by molar-refractivity contribution is 0.839. The maximum absolute atomic E-state index is 3.54. The Labute approximate surface area is 131 Å². The molecule has 2 aliphatic carbocycles. The maximum Gasteiger partial charge on any atom is 0.0676 e. The molecule has 0 spiro atoms. The highest BCUT2D eigenvalue weighted by Gasteiger charge is 2.09. The number of hydrogen-bond donors (Lipinski definition) is 0. The third kappa shape index (κ3) is 4.57. The van der Waals surface area contributed by atoms with Gasteiger partial charge in [0.2, 0.25) is 0 Å². The molecule has 0 saturated carbocycles. The first-order valence-electron chi connectivity index (χ1n) is 7.70. The van der Waals surface area contributed by atoms with E-state index in [0.29, 0.717) is 0 Å². The van der Waals surface area contributed by atoms with Crippen LogP contribution < -0.4 is 0 Å². The molecule has 21 heavy (non-hydrogen) atoms. The smallest absolute Gasteiger partial charge is 0.0676 e. The van der Waals surface area contributed by atoms with Gasteiger partial charge < -0.3 is 0 Å². The van der Waals surface area contributed by atoms with Crippen molar-refractivity contribution >= 4 is 9.52 Å². The summed E-state index contributed by atoms with van der Waals surface area (Å²) in [7, 11) is -0.0401. The number of aryl methyl sites for hydroxylation is 4. The molecule has 0 atom stereocenters. The fraction of sp³-hybridized carbons (Fsp3) is 0.200. The zero-order chi connectivity index (χ0) is 14.9. The Hall–Kier alpha value is -1.86. The highest BCUT2D eigenvalue weighted by molar-refractivity contribution is 6.47. The minimum absolute atomic E-state index is 0.0401. The summed E-state index contributed by atoms with van der Waals surface area (Å²) in [4.78, 5) is 0. The molecule has 0 amide bonds. The Balaban J connectivity index is 0.000000120. The molecule has 0 N–H and O–H groups in total. The quantitative estimate of drug-likeness (QED) is 0.734. The second kappa shape index (κ2) is 8.43. The highest BCUT2D eigenvalue weighted by atomic mass is 28.2. The largest absolute Gasteiger partial charge is 0.107 e. The SMILES string of the molecule is C=C[SiH2]C=C.c1ccc2c(c1)CC2.c1ccc2c(c1)CC2. The van der Waals surface area contributed by atoms with Crippen molar-refractivity contribution in [1.29, 1.82) is 0 Å². The van der Waals surface area contributed by atoms with Gasteiger partial charge in [0.1, 0.15) is 0 Å². The van der Waals surface area contributed by atoms with Crippen LogP contribution in [0.3, 0.4) is 0 Å². The first-order chi connectivity index (χ1) is 10.3. The molecule has 108 valence electrons. The summed E-state index contributed by atoms with van der Waals surface area (Å²) in [5, 5.41) is 0. The van der Waals surface area contributed by atoms with Crippen LogP contribution in [0, 0.1) is 0 Å². The maximum atomic E-state index is 3.54. The van der Waals surface area contributed by atoms with Gasteiger partial charge in [-0.3, -0.25) is 0 Å². The molecule has 0 heterocycles. The fourth-order valence-electron chi connectivity index (χ4n) is 2.39. The van der Waals surface area contributed by atoms with Crippen molar-refractivity contribution in [2.24, 2.45) is 0 Å². The lowest BCUT2D eigenvalue weighted by Crippen LogP contribution is -2.06. The molecule has 0 bridgehead atoms. The van der Waals surface area contributed by atoms with Gasteiger partial charge in [0.25, 0.3) is 0 Å². The normalized spacial score (nSPS) is 12.6. The average Bonchev–Trinajstić information content (AvgIpc) is 2.44. The fourth-order valence-corrected chi connectivity index (χ4v) is 2.63. The molecular weight excluding hydrogens is 268 g/mol. The van der Waals surface area contributed by atoms with Crippen LogP contribution in [0.1, 0.15) is 22.3 Å². The molecule has 2 aliphatic rings. The number of rotatable bonds is 2. The summed E-state index contributed by atoms with van der Waals surface area (Å²) in [6, 6.07) is 17.3. The Kier molecular flexibility index (Phi) is 6.23. The Morgan fingerprint density at radius 1 is 0.619 bits per heavy atom. The third-order valence-corrected chi connectivity index (χ3v) is 4.56. The molecule has 0 aliphatic heterocycles. The summed E-state index contributed by atoms with van der Waals surface area (Å²) in [5.41, 5.74) is 10.1. The topological polar surface area (TPSA) is 0 Å². The van der Waals surface area contributed by atoms with Gasteiger partial charge in [-0.15, -0.1) is 24.6 Å². The van der Waals surface area contributed by atoms with Crippen LogP contribution >= 0.6 is 0 Å². The molecule has 4 rings (SSSR count). The van der Waals surface area contributed by atoms with Gasteiger partial charge in [-0.1, -0.05) is 48.5 Å². The molecular formula is C20H24Si. The molecule has 0 unspecified atom stereocenters. The highest BCUT2D eigenvalue weighted by Crippen LogP contribution is 2.21. The van der Waals surface area contributed by atoms with Crippen molar-refractivity contribution in [3.8, 4) is 0 Å². The van der Waals surface area contributed by atoms with Gasteiger partial charge in [-0.05, 0) is 47.9 Å². The van der Waals surface area contributed by atoms with E-state index in [1.165, 1.54) is 25.7 Å². The van der Waals surface area contributed by atoms with Gasteiger partial charge in [0.05, 0.1) is 9.52 Å². The molecule has 1 heteroatoms. The molecule has 0 radical (unpaired) electrons. The van der Waals surface area contributed by atoms with Gasteiger partial charge >= 0.3 is 0 Å². The van der Waals surface area contributed by atoms with E-state index in [0.717, 1.165) is 0 Å². The minimum Gasteiger partial charge on any atom is -0.107 e. The zero-order valence-corrected chi connectivity index (χ0v) is 14.1. The summed E-state index contributed by atoms with van der Waals surface area (Å²) in [5.74, 6) is 0. The Bertz CT molecular complexity index is 499. The van der Waals surface area contributed by atoms with Crippen LogP contribution in [0.5, 0.6) is 0 Å². The number of hydrogen-bond acceptors (Lipinski definition) is 0. The first-order valence-corrected chi connectivity index (χ1v) is 9.33. The van der Waals surface area contributed by atoms with Gasteiger partial charge in [0, 0.05) is 0 Å². The van der Waals surface area contributed by atoms with Crippen molar-refractivity contribution in [2.75, 3.05) is 0 Å². The standard InChI is InChI=1S/2C8H8.C4H8Si/c2*1-2-4-8-6-5-7(8)3-1;1-3-5-4-2/h2*1-4H,5-6H2;3-4H,1-2,5H2. The van der Waals surface area contributed by atoms with E-state index in [1.807, 2.05) is 11.4 Å². The van der Waals surface area contributed by atoms with E-state index >= 15 is 0 Å². The number of benzene rings is 2. The summed E-state index contributed by atoms with van der Waals surface area (Å²) >= 11 is 0.